The van der Waals surface area contributed by atoms with Gasteiger partial charge in [0, 0.05) is 24.9 Å². The van der Waals surface area contributed by atoms with Gasteiger partial charge in [0.2, 0.25) is 0 Å². The molecule has 1 fully saturated rings. The van der Waals surface area contributed by atoms with Gasteiger partial charge in [-0.3, -0.25) is 14.9 Å². The quantitative estimate of drug-likeness (QED) is 0.637. The molecule has 0 aromatic carbocycles. The van der Waals surface area contributed by atoms with Gasteiger partial charge in [-0.2, -0.15) is 11.8 Å². The molecule has 1 saturated heterocycles. The van der Waals surface area contributed by atoms with Crippen molar-refractivity contribution < 1.29 is 9.72 Å². The van der Waals surface area contributed by atoms with Crippen LogP contribution < -0.4 is 10.6 Å². The van der Waals surface area contributed by atoms with Gasteiger partial charge >= 0.3 is 0 Å². The Hall–Kier alpha value is -1.83. The lowest BCUT2D eigenvalue weighted by molar-refractivity contribution is -0.385. The average molecular weight is 282 g/mol. The number of carbonyl (C=O) groups is 1. The summed E-state index contributed by atoms with van der Waals surface area (Å²) in [5, 5.41) is 16.4. The molecule has 0 radical (unpaired) electrons. The van der Waals surface area contributed by atoms with Gasteiger partial charge in [-0.25, -0.2) is 4.98 Å². The first-order chi connectivity index (χ1) is 9.11. The highest BCUT2D eigenvalue weighted by atomic mass is 32.2. The van der Waals surface area contributed by atoms with Crippen LogP contribution >= 0.6 is 11.8 Å². The van der Waals surface area contributed by atoms with E-state index in [0.29, 0.717) is 5.82 Å². The van der Waals surface area contributed by atoms with Crippen molar-refractivity contribution in [3.63, 3.8) is 0 Å². The molecule has 0 aliphatic carbocycles. The number of nitro groups is 1. The van der Waals surface area contributed by atoms with Crippen LogP contribution in [0.2, 0.25) is 0 Å². The second-order valence-electron chi connectivity index (χ2n) is 4.13. The van der Waals surface area contributed by atoms with Crippen molar-refractivity contribution in [3.05, 3.63) is 27.9 Å². The lowest BCUT2D eigenvalue weighted by Crippen LogP contribution is -2.35. The highest BCUT2D eigenvalue weighted by molar-refractivity contribution is 7.99. The predicted molar refractivity (Wildman–Crippen MR) is 73.6 cm³/mol. The van der Waals surface area contributed by atoms with Crippen LogP contribution in [0.3, 0.4) is 0 Å². The molecule has 1 aromatic rings. The standard InChI is InChI=1S/C11H14N4O3S/c1-12-10-9(4-8(5-13-10)15(17)18)11(16)14-7-2-3-19-6-7/h4-5,7H,2-3,6H2,1H3,(H,12,13)(H,14,16). The van der Waals surface area contributed by atoms with Crippen LogP contribution in [0, 0.1) is 10.1 Å². The predicted octanol–water partition coefficient (Wildman–Crippen LogP) is 1.27. The average Bonchev–Trinajstić information content (AvgIpc) is 2.90. The molecule has 8 heteroatoms. The van der Waals surface area contributed by atoms with Gasteiger partial charge in [-0.05, 0) is 12.2 Å². The fourth-order valence-electron chi connectivity index (χ4n) is 1.84. The number of thioether (sulfide) groups is 1. The molecule has 0 spiro atoms. The molecular weight excluding hydrogens is 268 g/mol. The van der Waals surface area contributed by atoms with Gasteiger partial charge in [0.1, 0.15) is 12.0 Å². The molecule has 1 aliphatic rings. The van der Waals surface area contributed by atoms with Crippen LogP contribution in [0.4, 0.5) is 11.5 Å². The van der Waals surface area contributed by atoms with Crippen LogP contribution in [-0.2, 0) is 0 Å². The zero-order chi connectivity index (χ0) is 13.8. The zero-order valence-electron chi connectivity index (χ0n) is 10.4. The van der Waals surface area contributed by atoms with E-state index in [2.05, 4.69) is 15.6 Å². The van der Waals surface area contributed by atoms with Crippen LogP contribution in [0.25, 0.3) is 0 Å². The fourth-order valence-corrected chi connectivity index (χ4v) is 2.99. The largest absolute Gasteiger partial charge is 0.372 e. The van der Waals surface area contributed by atoms with E-state index in [1.807, 2.05) is 0 Å². The first kappa shape index (κ1) is 13.6. The van der Waals surface area contributed by atoms with Crippen molar-refractivity contribution in [2.24, 2.45) is 0 Å². The Bertz CT molecular complexity index is 503. The Morgan fingerprint density at radius 1 is 1.63 bits per heavy atom. The maximum atomic E-state index is 12.1. The monoisotopic (exact) mass is 282 g/mol. The zero-order valence-corrected chi connectivity index (χ0v) is 11.2. The number of rotatable bonds is 4. The first-order valence-electron chi connectivity index (χ1n) is 5.82. The summed E-state index contributed by atoms with van der Waals surface area (Å²) < 4.78 is 0. The van der Waals surface area contributed by atoms with Crippen molar-refractivity contribution in [1.82, 2.24) is 10.3 Å². The maximum Gasteiger partial charge on any atom is 0.288 e. The topological polar surface area (TPSA) is 97.2 Å². The molecule has 1 aliphatic heterocycles. The highest BCUT2D eigenvalue weighted by Gasteiger charge is 2.22. The molecular formula is C11H14N4O3S. The summed E-state index contributed by atoms with van der Waals surface area (Å²) in [7, 11) is 1.62. The molecule has 2 rings (SSSR count). The number of amides is 1. The van der Waals surface area contributed by atoms with Gasteiger partial charge in [-0.1, -0.05) is 0 Å². The second kappa shape index (κ2) is 5.87. The summed E-state index contributed by atoms with van der Waals surface area (Å²) in [5.41, 5.74) is 0.0125. The van der Waals surface area contributed by atoms with Crippen LogP contribution in [0.1, 0.15) is 16.8 Å². The van der Waals surface area contributed by atoms with Crippen molar-refractivity contribution in [2.75, 3.05) is 23.9 Å². The highest BCUT2D eigenvalue weighted by Crippen LogP contribution is 2.21. The second-order valence-corrected chi connectivity index (χ2v) is 5.28. The minimum Gasteiger partial charge on any atom is -0.372 e. The Morgan fingerprint density at radius 3 is 3.00 bits per heavy atom. The Balaban J connectivity index is 2.22. The normalized spacial score (nSPS) is 18.1. The summed E-state index contributed by atoms with van der Waals surface area (Å²) in [6.07, 6.45) is 2.06. The van der Waals surface area contributed by atoms with Crippen LogP contribution in [0.5, 0.6) is 0 Å². The van der Waals surface area contributed by atoms with Gasteiger partial charge in [-0.15, -0.1) is 0 Å². The molecule has 2 N–H and O–H groups in total. The number of aromatic nitrogens is 1. The first-order valence-corrected chi connectivity index (χ1v) is 6.98. The lowest BCUT2D eigenvalue weighted by atomic mass is 10.2. The Labute approximate surface area is 114 Å². The number of pyridine rings is 1. The molecule has 102 valence electrons. The minimum absolute atomic E-state index is 0.126. The molecule has 1 atom stereocenters. The number of nitrogens with one attached hydrogen (secondary N) is 2. The van der Waals surface area contributed by atoms with E-state index in [4.69, 9.17) is 0 Å². The number of hydrogen-bond donors (Lipinski definition) is 2. The summed E-state index contributed by atoms with van der Waals surface area (Å²) >= 11 is 1.78. The molecule has 2 heterocycles. The van der Waals surface area contributed by atoms with E-state index in [9.17, 15) is 14.9 Å². The van der Waals surface area contributed by atoms with Crippen LogP contribution in [-0.4, -0.2) is 40.4 Å². The molecule has 19 heavy (non-hydrogen) atoms. The number of carbonyl (C=O) groups excluding carboxylic acids is 1. The van der Waals surface area contributed by atoms with Crippen molar-refractivity contribution in [1.29, 1.82) is 0 Å². The molecule has 1 unspecified atom stereocenters. The molecule has 1 amide bonds. The third-order valence-electron chi connectivity index (χ3n) is 2.83. The van der Waals surface area contributed by atoms with Crippen molar-refractivity contribution >= 4 is 29.2 Å². The van der Waals surface area contributed by atoms with Gasteiger partial charge in [0.05, 0.1) is 10.5 Å². The van der Waals surface area contributed by atoms with Crippen molar-refractivity contribution in [3.8, 4) is 0 Å². The summed E-state index contributed by atoms with van der Waals surface area (Å²) in [6, 6.07) is 1.37. The number of hydrogen-bond acceptors (Lipinski definition) is 6. The molecule has 0 bridgehead atoms. The lowest BCUT2D eigenvalue weighted by Gasteiger charge is -2.13. The van der Waals surface area contributed by atoms with E-state index in [0.717, 1.165) is 24.1 Å². The Morgan fingerprint density at radius 2 is 2.42 bits per heavy atom. The van der Waals surface area contributed by atoms with E-state index in [1.54, 1.807) is 18.8 Å². The van der Waals surface area contributed by atoms with Gasteiger partial charge in [0.15, 0.2) is 0 Å². The van der Waals surface area contributed by atoms with E-state index < -0.39 is 4.92 Å². The minimum atomic E-state index is -0.561. The smallest absolute Gasteiger partial charge is 0.288 e. The third kappa shape index (κ3) is 3.14. The van der Waals surface area contributed by atoms with Gasteiger partial charge < -0.3 is 10.6 Å². The maximum absolute atomic E-state index is 12.1. The molecule has 1 aromatic heterocycles. The summed E-state index contributed by atoms with van der Waals surface area (Å²) in [4.78, 5) is 26.2. The van der Waals surface area contributed by atoms with Crippen molar-refractivity contribution in [2.45, 2.75) is 12.5 Å². The third-order valence-corrected chi connectivity index (χ3v) is 3.99. The van der Waals surface area contributed by atoms with E-state index in [-0.39, 0.29) is 23.2 Å². The molecule has 7 nitrogen and oxygen atoms in total. The molecule has 0 saturated carbocycles. The van der Waals surface area contributed by atoms with Gasteiger partial charge in [0.25, 0.3) is 11.6 Å². The number of anilines is 1. The summed E-state index contributed by atoms with van der Waals surface area (Å²) in [6.45, 7) is 0. The number of nitrogens with zero attached hydrogens (tertiary/aromatic N) is 2. The van der Waals surface area contributed by atoms with E-state index >= 15 is 0 Å². The van der Waals surface area contributed by atoms with Crippen LogP contribution in [0.15, 0.2) is 12.3 Å². The fraction of sp³-hybridized carbons (Fsp3) is 0.455. The summed E-state index contributed by atoms with van der Waals surface area (Å²) in [5.74, 6) is 1.92. The SMILES string of the molecule is CNc1ncc([N+](=O)[O-])cc1C(=O)NC1CCSC1. The Kier molecular flexibility index (Phi) is 4.20. The van der Waals surface area contributed by atoms with E-state index in [1.165, 1.54) is 6.07 Å².